The maximum absolute atomic E-state index is 14.8. The van der Waals surface area contributed by atoms with Crippen LogP contribution >= 0.6 is 0 Å². The Balaban J connectivity index is 0.855. The number of ether oxygens (including phenoxy) is 9. The van der Waals surface area contributed by atoms with E-state index < -0.39 is 181 Å². The molecular formula is C69H106N12O21. The highest BCUT2D eigenvalue weighted by atomic mass is 16.7. The Kier molecular flexibility index (Phi) is 26.9. The number of rotatable bonds is 20. The molecule has 6 aliphatic heterocycles. The number of allylic oxidation sites excluding steroid dienone is 2. The van der Waals surface area contributed by atoms with E-state index in [1.54, 1.807) is 49.5 Å². The molecule has 5 bridgehead atoms. The second-order valence-electron chi connectivity index (χ2n) is 28.1. The lowest BCUT2D eigenvalue weighted by molar-refractivity contribution is -0.318. The van der Waals surface area contributed by atoms with Gasteiger partial charge in [0.2, 0.25) is 0 Å². The topological polar surface area (TPSA) is 508 Å². The number of amides is 1. The third-order valence-electron chi connectivity index (χ3n) is 20.7. The number of carbonyl (C=O) groups excluding carboxylic acids is 3. The number of Topliss-reactive ketones (excluding diaryl/α,β-unsaturated/α-hetero) is 1. The molecule has 3 aromatic rings. The van der Waals surface area contributed by atoms with E-state index in [9.17, 15) is 60.3 Å². The molecular weight excluding hydrogens is 1330 g/mol. The van der Waals surface area contributed by atoms with Crippen LogP contribution in [-0.2, 0) is 60.6 Å². The average molecular weight is 1440 g/mol. The molecule has 102 heavy (non-hydrogen) atoms. The van der Waals surface area contributed by atoms with E-state index in [-0.39, 0.29) is 70.5 Å². The van der Waals surface area contributed by atoms with Gasteiger partial charge in [0, 0.05) is 132 Å². The van der Waals surface area contributed by atoms with Crippen molar-refractivity contribution < 1.29 is 103 Å². The molecule has 1 amide bonds. The van der Waals surface area contributed by atoms with Crippen molar-refractivity contribution in [1.29, 1.82) is 0 Å². The summed E-state index contributed by atoms with van der Waals surface area (Å²) in [6.45, 7) is 14.9. The minimum atomic E-state index is -2.12. The number of hydrogen-bond donors (Lipinski definition) is 15. The number of esters is 1. The van der Waals surface area contributed by atoms with E-state index in [4.69, 9.17) is 76.4 Å². The van der Waals surface area contributed by atoms with Crippen LogP contribution in [0.1, 0.15) is 114 Å². The SMILES string of the molecule is CO[C@H]1/C=C/O[C@@]2(C)Oc3c(C)c(O)c4c(O)c(c(/C=N/N5CCN(Cc6cn(CCCCCCO[C@@H]7[C@@H](O[C@H]8O[C@H](CO)[C@@H](O)[C@H](N)[C@H]8O)[C@H](N)C[C@H](N)[C@H]7O[C@H]7O[C@H](CN)[C@@H](O)C[C@H]7N)nn6)CC5)c(O)c4c3C2=O)NC(=O)/C(C)=C\C=C\[C@H](C)[C@H](O)[C@@H](C)[C@@H](O)[C@@H](C)[C@H](OC(C)=O)[C@@H]1C. The lowest BCUT2D eigenvalue weighted by Crippen LogP contribution is -2.68. The highest BCUT2D eigenvalue weighted by Gasteiger charge is 2.53. The number of phenolic OH excluding ortho intramolecular Hbond substituents is 3. The number of nitrogens with two attached hydrogens (primary N) is 5. The largest absolute Gasteiger partial charge is 0.507 e. The standard InChI is InChI=1S/C69H106N12O21/c1-32-15-14-16-33(2)66(93)76-52-40(56(88)48-49(58(52)90)55(87)37(6)61-50(48)65(92)69(8,102-61)96-24-17-45(94-9)34(3)60(97-38(7)83)36(5)54(86)35(4)53(32)85)28-75-80-21-19-79(20-22-80)29-39-30-81(78-77-39)18-12-10-11-13-23-95-64-62(100-67-43(73)26-44(84)46(27-70)98-67)41(71)25-42(72)63(64)101-68-59(91)51(74)57(89)47(31-82)99-68/h14-17,24,28,30,32,34-36,41-47,51,53-54,57,59-60,62-64,67-68,82,84-91H,10-13,18-23,25-27,29,31,70-74H2,1-9H3,(H,76,93)/b15-14+,24-17+,33-16-,75-28+/t32-,34+,35+,36+,41-,42+,43+,44-,45-,46+,47+,51-,53-,54+,57+,59+,60+,62+,63-,64-,67+,68+,69-/m0/s1. The van der Waals surface area contributed by atoms with Crippen LogP contribution in [0.5, 0.6) is 23.0 Å². The van der Waals surface area contributed by atoms with Gasteiger partial charge in [-0.15, -0.1) is 5.10 Å². The van der Waals surface area contributed by atoms with Crippen molar-refractivity contribution in [1.82, 2.24) is 24.9 Å². The number of aliphatic hydroxyl groups is 6. The number of piperazine rings is 1. The summed E-state index contributed by atoms with van der Waals surface area (Å²) in [4.78, 5) is 43.6. The zero-order chi connectivity index (χ0) is 74.3. The van der Waals surface area contributed by atoms with E-state index >= 15 is 0 Å². The maximum atomic E-state index is 14.8. The van der Waals surface area contributed by atoms with Crippen LogP contribution in [0.15, 0.2) is 47.4 Å². The Labute approximate surface area is 592 Å². The minimum absolute atomic E-state index is 0.00835. The molecule has 0 unspecified atom stereocenters. The van der Waals surface area contributed by atoms with Crippen molar-refractivity contribution in [2.24, 2.45) is 57.4 Å². The quantitative estimate of drug-likeness (QED) is 0.0229. The number of unbranched alkanes of at least 4 members (excludes halogenated alkanes) is 3. The molecule has 3 saturated heterocycles. The van der Waals surface area contributed by atoms with Gasteiger partial charge in [-0.05, 0) is 45.6 Å². The summed E-state index contributed by atoms with van der Waals surface area (Å²) in [5.74, 6) is -9.00. The number of aryl methyl sites for hydroxylation is 1. The maximum Gasteiger partial charge on any atom is 0.312 e. The van der Waals surface area contributed by atoms with E-state index in [0.717, 1.165) is 25.0 Å². The molecule has 1 aliphatic carbocycles. The van der Waals surface area contributed by atoms with Gasteiger partial charge in [-0.3, -0.25) is 29.0 Å². The van der Waals surface area contributed by atoms with Gasteiger partial charge in [0.15, 0.2) is 18.3 Å². The molecule has 20 N–H and O–H groups in total. The first-order chi connectivity index (χ1) is 48.4. The van der Waals surface area contributed by atoms with Crippen molar-refractivity contribution in [3.8, 4) is 23.0 Å². The number of hydrogen-bond acceptors (Lipinski definition) is 31. The number of aromatic nitrogens is 3. The molecule has 7 aliphatic rings. The summed E-state index contributed by atoms with van der Waals surface area (Å²) in [6, 6.07) is -3.38. The van der Waals surface area contributed by atoms with E-state index in [1.165, 1.54) is 59.4 Å². The van der Waals surface area contributed by atoms with Crippen molar-refractivity contribution in [3.63, 3.8) is 0 Å². The minimum Gasteiger partial charge on any atom is -0.507 e. The van der Waals surface area contributed by atoms with Gasteiger partial charge in [-0.25, -0.2) is 0 Å². The van der Waals surface area contributed by atoms with Crippen molar-refractivity contribution in [2.75, 3.05) is 58.4 Å². The summed E-state index contributed by atoms with van der Waals surface area (Å²) in [7, 11) is 1.42. The second kappa shape index (κ2) is 34.6. The van der Waals surface area contributed by atoms with Crippen LogP contribution in [0, 0.1) is 30.6 Å². The van der Waals surface area contributed by atoms with Crippen LogP contribution in [0.2, 0.25) is 0 Å². The predicted octanol–water partition coefficient (Wildman–Crippen LogP) is -0.200. The molecule has 23 atom stereocenters. The lowest BCUT2D eigenvalue weighted by atomic mass is 9.78. The first-order valence-electron chi connectivity index (χ1n) is 35.0. The van der Waals surface area contributed by atoms with Crippen molar-refractivity contribution in [2.45, 2.75) is 223 Å². The number of nitrogens with zero attached hydrogens (tertiary/aromatic N) is 6. The highest BCUT2D eigenvalue weighted by molar-refractivity contribution is 6.24. The fourth-order valence-corrected chi connectivity index (χ4v) is 14.3. The van der Waals surface area contributed by atoms with Gasteiger partial charge in [0.25, 0.3) is 11.7 Å². The van der Waals surface area contributed by atoms with Crippen molar-refractivity contribution >= 4 is 40.3 Å². The Morgan fingerprint density at radius 1 is 0.794 bits per heavy atom. The molecule has 2 aromatic carbocycles. The van der Waals surface area contributed by atoms with E-state index in [0.29, 0.717) is 45.7 Å². The third-order valence-corrected chi connectivity index (χ3v) is 20.7. The van der Waals surface area contributed by atoms with Crippen LogP contribution in [0.3, 0.4) is 0 Å². The van der Waals surface area contributed by atoms with Crippen LogP contribution in [0.25, 0.3) is 10.8 Å². The van der Waals surface area contributed by atoms with Crippen LogP contribution < -0.4 is 38.7 Å². The molecule has 0 spiro atoms. The fraction of sp³-hybridized carbons (Fsp3) is 0.681. The number of benzene rings is 2. The number of phenols is 3. The van der Waals surface area contributed by atoms with Crippen LogP contribution in [0.4, 0.5) is 5.69 Å². The van der Waals surface area contributed by atoms with Crippen LogP contribution in [-0.4, -0.2) is 264 Å². The molecule has 1 saturated carbocycles. The summed E-state index contributed by atoms with van der Waals surface area (Å²) in [6.07, 6.45) is -1.25. The normalized spacial score (nSPS) is 36.5. The molecule has 568 valence electrons. The van der Waals surface area contributed by atoms with E-state index in [1.807, 2.05) is 6.20 Å². The Morgan fingerprint density at radius 3 is 2.14 bits per heavy atom. The number of nitrogens with one attached hydrogen (secondary N) is 1. The smallest absolute Gasteiger partial charge is 0.312 e. The monoisotopic (exact) mass is 1440 g/mol. The number of anilines is 1. The fourth-order valence-electron chi connectivity index (χ4n) is 14.3. The Hall–Kier alpha value is -6.58. The first kappa shape index (κ1) is 79.5. The zero-order valence-electron chi connectivity index (χ0n) is 59.3. The first-order valence-corrected chi connectivity index (χ1v) is 35.0. The number of aromatic hydroxyl groups is 3. The number of hydrazone groups is 1. The third kappa shape index (κ3) is 17.5. The number of carbonyl (C=O) groups is 3. The number of aliphatic hydroxyl groups excluding tert-OH is 6. The number of fused-ring (bicyclic) bond motifs is 14. The van der Waals surface area contributed by atoms with Gasteiger partial charge in [0.05, 0.1) is 89.6 Å². The average Bonchev–Trinajstić information content (AvgIpc) is 1.50. The number of methoxy groups -OCH3 is 1. The highest BCUT2D eigenvalue weighted by Crippen LogP contribution is 2.55. The van der Waals surface area contributed by atoms with Gasteiger partial charge < -0.3 is 123 Å². The second-order valence-corrected chi connectivity index (χ2v) is 28.1. The summed E-state index contributed by atoms with van der Waals surface area (Å²) in [5, 5.41) is 119. The molecule has 33 heteroatoms. The molecule has 4 fully saturated rings. The predicted molar refractivity (Wildman–Crippen MR) is 369 cm³/mol. The van der Waals surface area contributed by atoms with E-state index in [2.05, 4.69) is 20.5 Å². The number of ketones is 1. The summed E-state index contributed by atoms with van der Waals surface area (Å²) >= 11 is 0. The van der Waals surface area contributed by atoms with Crippen molar-refractivity contribution in [3.05, 3.63) is 64.7 Å². The van der Waals surface area contributed by atoms with Gasteiger partial charge in [-0.1, -0.05) is 64.0 Å². The Bertz CT molecular complexity index is 3500. The molecule has 10 rings (SSSR count). The Morgan fingerprint density at radius 2 is 1.47 bits per heavy atom. The summed E-state index contributed by atoms with van der Waals surface area (Å²) < 4.78 is 56.7. The molecule has 7 heterocycles. The lowest BCUT2D eigenvalue weighted by Gasteiger charge is -2.49. The molecule has 0 radical (unpaired) electrons. The molecule has 1 aromatic heterocycles. The summed E-state index contributed by atoms with van der Waals surface area (Å²) in [5.41, 5.74) is 31.9. The van der Waals surface area contributed by atoms with Gasteiger partial charge in [-0.2, -0.15) is 5.10 Å². The van der Waals surface area contributed by atoms with Gasteiger partial charge >= 0.3 is 11.8 Å². The zero-order valence-corrected chi connectivity index (χ0v) is 59.3. The molecule has 33 nitrogen and oxygen atoms in total. The van der Waals surface area contributed by atoms with Gasteiger partial charge in [0.1, 0.15) is 60.0 Å².